The second-order valence-corrected chi connectivity index (χ2v) is 8.09. The lowest BCUT2D eigenvalue weighted by atomic mass is 10.0. The van der Waals surface area contributed by atoms with E-state index in [2.05, 4.69) is 46.7 Å². The van der Waals surface area contributed by atoms with Gasteiger partial charge in [-0.05, 0) is 56.9 Å². The molecule has 29 heavy (non-hydrogen) atoms. The fourth-order valence-corrected chi connectivity index (χ4v) is 4.50. The fraction of sp³-hybridized carbons (Fsp3) is 0.565. The number of anilines is 3. The molecule has 6 nitrogen and oxygen atoms in total. The van der Waals surface area contributed by atoms with E-state index in [1.165, 1.54) is 24.9 Å². The van der Waals surface area contributed by atoms with Crippen LogP contribution in [0, 0.1) is 6.92 Å². The summed E-state index contributed by atoms with van der Waals surface area (Å²) in [5, 5.41) is 0. The number of ether oxygens (including phenoxy) is 1. The van der Waals surface area contributed by atoms with E-state index in [-0.39, 0.29) is 0 Å². The number of aryl methyl sites for hydroxylation is 1. The van der Waals surface area contributed by atoms with Crippen LogP contribution in [0.3, 0.4) is 0 Å². The molecule has 0 aliphatic carbocycles. The molecule has 2 saturated heterocycles. The standard InChI is InChI=1S/C23H33N5O/c1-4-19-7-5-6-12-28(19)23-24-18(2)17-22(25-23)27-15-13-26(14-16-27)20-8-10-21(29-3)11-9-20/h8-11,17,19H,4-7,12-16H2,1-3H3. The van der Waals surface area contributed by atoms with Gasteiger partial charge in [0.05, 0.1) is 7.11 Å². The Morgan fingerprint density at radius 2 is 1.69 bits per heavy atom. The molecule has 0 amide bonds. The third-order valence-corrected chi connectivity index (χ3v) is 6.23. The lowest BCUT2D eigenvalue weighted by molar-refractivity contribution is 0.415. The van der Waals surface area contributed by atoms with Gasteiger partial charge in [0.1, 0.15) is 11.6 Å². The van der Waals surface area contributed by atoms with Crippen molar-refractivity contribution in [1.29, 1.82) is 0 Å². The highest BCUT2D eigenvalue weighted by Gasteiger charge is 2.25. The first-order chi connectivity index (χ1) is 14.2. The summed E-state index contributed by atoms with van der Waals surface area (Å²) in [6.07, 6.45) is 4.97. The highest BCUT2D eigenvalue weighted by atomic mass is 16.5. The maximum absolute atomic E-state index is 5.27. The van der Waals surface area contributed by atoms with Crippen molar-refractivity contribution in [3.63, 3.8) is 0 Å². The molecule has 0 saturated carbocycles. The summed E-state index contributed by atoms with van der Waals surface area (Å²) in [5.74, 6) is 2.89. The summed E-state index contributed by atoms with van der Waals surface area (Å²) in [6, 6.07) is 11.1. The van der Waals surface area contributed by atoms with E-state index in [0.717, 1.165) is 62.4 Å². The van der Waals surface area contributed by atoms with Gasteiger partial charge in [0.25, 0.3) is 0 Å². The molecule has 2 aliphatic heterocycles. The van der Waals surface area contributed by atoms with Crippen molar-refractivity contribution >= 4 is 17.5 Å². The Hall–Kier alpha value is -2.50. The molecule has 0 bridgehead atoms. The molecule has 0 radical (unpaired) electrons. The number of piperidine rings is 1. The predicted octanol–water partition coefficient (Wildman–Crippen LogP) is 3.89. The Kier molecular flexibility index (Phi) is 6.07. The quantitative estimate of drug-likeness (QED) is 0.765. The zero-order chi connectivity index (χ0) is 20.2. The van der Waals surface area contributed by atoms with Gasteiger partial charge >= 0.3 is 0 Å². The second-order valence-electron chi connectivity index (χ2n) is 8.09. The summed E-state index contributed by atoms with van der Waals surface area (Å²) in [7, 11) is 1.71. The monoisotopic (exact) mass is 395 g/mol. The molecule has 2 aliphatic rings. The average Bonchev–Trinajstić information content (AvgIpc) is 2.79. The largest absolute Gasteiger partial charge is 0.497 e. The number of hydrogen-bond donors (Lipinski definition) is 0. The minimum atomic E-state index is 0.574. The van der Waals surface area contributed by atoms with Gasteiger partial charge in [-0.3, -0.25) is 0 Å². The highest BCUT2D eigenvalue weighted by molar-refractivity contribution is 5.52. The maximum Gasteiger partial charge on any atom is 0.227 e. The van der Waals surface area contributed by atoms with Gasteiger partial charge in [0.2, 0.25) is 5.95 Å². The summed E-state index contributed by atoms with van der Waals surface area (Å²) in [6.45, 7) is 9.37. The second kappa shape index (κ2) is 8.89. The number of aromatic nitrogens is 2. The first-order valence-electron chi connectivity index (χ1n) is 10.9. The van der Waals surface area contributed by atoms with E-state index in [9.17, 15) is 0 Å². The Bertz CT molecular complexity index is 801. The van der Waals surface area contributed by atoms with Gasteiger partial charge < -0.3 is 19.4 Å². The van der Waals surface area contributed by atoms with Crippen molar-refractivity contribution in [3.8, 4) is 5.75 Å². The third-order valence-electron chi connectivity index (χ3n) is 6.23. The number of benzene rings is 1. The summed E-state index contributed by atoms with van der Waals surface area (Å²) in [4.78, 5) is 17.1. The van der Waals surface area contributed by atoms with Crippen molar-refractivity contribution in [2.45, 2.75) is 45.6 Å². The highest BCUT2D eigenvalue weighted by Crippen LogP contribution is 2.27. The number of nitrogens with zero attached hydrogens (tertiary/aromatic N) is 5. The summed E-state index contributed by atoms with van der Waals surface area (Å²) < 4.78 is 5.27. The average molecular weight is 396 g/mol. The number of rotatable bonds is 5. The van der Waals surface area contributed by atoms with Crippen LogP contribution in [0.4, 0.5) is 17.5 Å². The van der Waals surface area contributed by atoms with Crippen LogP contribution >= 0.6 is 0 Å². The fourth-order valence-electron chi connectivity index (χ4n) is 4.50. The molecule has 6 heteroatoms. The van der Waals surface area contributed by atoms with E-state index in [1.807, 2.05) is 12.1 Å². The molecular weight excluding hydrogens is 362 g/mol. The van der Waals surface area contributed by atoms with Crippen LogP contribution in [0.15, 0.2) is 30.3 Å². The molecule has 156 valence electrons. The Morgan fingerprint density at radius 1 is 0.966 bits per heavy atom. The van der Waals surface area contributed by atoms with Crippen LogP contribution in [0.25, 0.3) is 0 Å². The van der Waals surface area contributed by atoms with Gasteiger partial charge in [0.15, 0.2) is 0 Å². The van der Waals surface area contributed by atoms with Crippen LogP contribution in [0.2, 0.25) is 0 Å². The Balaban J connectivity index is 1.46. The molecule has 4 rings (SSSR count). The molecule has 2 fully saturated rings. The number of hydrogen-bond acceptors (Lipinski definition) is 6. The Morgan fingerprint density at radius 3 is 2.38 bits per heavy atom. The van der Waals surface area contributed by atoms with Crippen LogP contribution in [-0.4, -0.2) is 55.8 Å². The zero-order valence-corrected chi connectivity index (χ0v) is 18.0. The van der Waals surface area contributed by atoms with Crippen molar-refractivity contribution in [3.05, 3.63) is 36.0 Å². The molecule has 0 spiro atoms. The SMILES string of the molecule is CCC1CCCCN1c1nc(C)cc(N2CCN(c3ccc(OC)cc3)CC2)n1. The zero-order valence-electron chi connectivity index (χ0n) is 18.0. The predicted molar refractivity (Wildman–Crippen MR) is 119 cm³/mol. The van der Waals surface area contributed by atoms with E-state index >= 15 is 0 Å². The molecule has 1 aromatic carbocycles. The van der Waals surface area contributed by atoms with E-state index in [0.29, 0.717) is 6.04 Å². The normalized spacial score (nSPS) is 20.1. The maximum atomic E-state index is 5.27. The van der Waals surface area contributed by atoms with Gasteiger partial charge in [-0.25, -0.2) is 4.98 Å². The van der Waals surface area contributed by atoms with Crippen molar-refractivity contribution in [2.75, 3.05) is 54.5 Å². The van der Waals surface area contributed by atoms with Crippen molar-refractivity contribution in [1.82, 2.24) is 9.97 Å². The van der Waals surface area contributed by atoms with Gasteiger partial charge in [0, 0.05) is 56.2 Å². The van der Waals surface area contributed by atoms with Crippen molar-refractivity contribution in [2.24, 2.45) is 0 Å². The first kappa shape index (κ1) is 19.8. The van der Waals surface area contributed by atoms with Crippen molar-refractivity contribution < 1.29 is 4.74 Å². The third kappa shape index (κ3) is 4.41. The molecule has 1 atom stereocenters. The van der Waals surface area contributed by atoms with Crippen LogP contribution in [-0.2, 0) is 0 Å². The van der Waals surface area contributed by atoms with E-state index < -0.39 is 0 Å². The van der Waals surface area contributed by atoms with Crippen LogP contribution in [0.1, 0.15) is 38.3 Å². The number of methoxy groups -OCH3 is 1. The van der Waals surface area contributed by atoms with Gasteiger partial charge in [-0.15, -0.1) is 0 Å². The molecule has 2 aromatic rings. The summed E-state index contributed by atoms with van der Waals surface area (Å²) in [5.41, 5.74) is 2.31. The lowest BCUT2D eigenvalue weighted by Crippen LogP contribution is -2.47. The summed E-state index contributed by atoms with van der Waals surface area (Å²) >= 11 is 0. The van der Waals surface area contributed by atoms with Crippen LogP contribution in [0.5, 0.6) is 5.75 Å². The Labute approximate surface area is 174 Å². The number of piperazine rings is 1. The topological polar surface area (TPSA) is 44.7 Å². The molecule has 0 N–H and O–H groups in total. The minimum Gasteiger partial charge on any atom is -0.497 e. The van der Waals surface area contributed by atoms with E-state index in [4.69, 9.17) is 14.7 Å². The van der Waals surface area contributed by atoms with E-state index in [1.54, 1.807) is 7.11 Å². The smallest absolute Gasteiger partial charge is 0.227 e. The molecular formula is C23H33N5O. The van der Waals surface area contributed by atoms with Gasteiger partial charge in [-0.2, -0.15) is 4.98 Å². The molecule has 3 heterocycles. The first-order valence-corrected chi connectivity index (χ1v) is 10.9. The lowest BCUT2D eigenvalue weighted by Gasteiger charge is -2.38. The molecule has 1 unspecified atom stereocenters. The molecule has 1 aromatic heterocycles. The van der Waals surface area contributed by atoms with Gasteiger partial charge in [-0.1, -0.05) is 6.92 Å². The minimum absolute atomic E-state index is 0.574. The van der Waals surface area contributed by atoms with Crippen LogP contribution < -0.4 is 19.4 Å².